The molecular weight excluding hydrogens is 402 g/mol. The lowest BCUT2D eigenvalue weighted by molar-refractivity contribution is -0.384. The van der Waals surface area contributed by atoms with Crippen molar-refractivity contribution < 1.29 is 4.92 Å². The molecule has 0 saturated carbocycles. The molecule has 0 aromatic heterocycles. The molecule has 0 amide bonds. The van der Waals surface area contributed by atoms with Gasteiger partial charge in [0, 0.05) is 21.6 Å². The fraction of sp³-hybridized carbons (Fsp3) is 0.0714. The molecule has 0 aliphatic heterocycles. The van der Waals surface area contributed by atoms with Crippen LogP contribution in [-0.4, -0.2) is 4.92 Å². The number of nitro groups is 1. The normalized spacial score (nSPS) is 9.95. The van der Waals surface area contributed by atoms with Gasteiger partial charge in [-0.1, -0.05) is 6.07 Å². The number of nitrogens with zero attached hydrogens (tertiary/aromatic N) is 2. The molecule has 2 aromatic rings. The SMILES string of the molecule is N#Cc1ccc(NCc2ccc(Br)c(Br)c2)c([N+](=O)[O-])c1. The van der Waals surface area contributed by atoms with Crippen LogP contribution in [0.15, 0.2) is 45.3 Å². The molecule has 0 atom stereocenters. The van der Waals surface area contributed by atoms with Crippen molar-refractivity contribution in [3.8, 4) is 6.07 Å². The van der Waals surface area contributed by atoms with Gasteiger partial charge in [0.25, 0.3) is 5.69 Å². The van der Waals surface area contributed by atoms with Gasteiger partial charge in [-0.15, -0.1) is 0 Å². The molecule has 7 heteroatoms. The number of rotatable bonds is 4. The predicted octanol–water partition coefficient (Wildman–Crippen LogP) is 4.60. The second kappa shape index (κ2) is 6.70. The van der Waals surface area contributed by atoms with Crippen molar-refractivity contribution in [2.75, 3.05) is 5.32 Å². The van der Waals surface area contributed by atoms with Crippen molar-refractivity contribution in [3.63, 3.8) is 0 Å². The number of halogens is 2. The summed E-state index contributed by atoms with van der Waals surface area (Å²) in [5, 5.41) is 22.9. The Morgan fingerprint density at radius 1 is 1.19 bits per heavy atom. The Bertz CT molecular complexity index is 741. The Kier molecular flexibility index (Phi) is 4.94. The van der Waals surface area contributed by atoms with Crippen molar-refractivity contribution >= 4 is 43.2 Å². The van der Waals surface area contributed by atoms with Crippen LogP contribution < -0.4 is 5.32 Å². The van der Waals surface area contributed by atoms with Crippen LogP contribution in [0.5, 0.6) is 0 Å². The lowest BCUT2D eigenvalue weighted by Gasteiger charge is -2.08. The summed E-state index contributed by atoms with van der Waals surface area (Å²) < 4.78 is 1.85. The van der Waals surface area contributed by atoms with Crippen LogP contribution >= 0.6 is 31.9 Å². The van der Waals surface area contributed by atoms with Gasteiger partial charge in [0.15, 0.2) is 0 Å². The molecule has 0 unspecified atom stereocenters. The van der Waals surface area contributed by atoms with Gasteiger partial charge in [0.2, 0.25) is 0 Å². The van der Waals surface area contributed by atoms with Crippen molar-refractivity contribution in [1.29, 1.82) is 5.26 Å². The summed E-state index contributed by atoms with van der Waals surface area (Å²) in [6.07, 6.45) is 0. The Hall–Kier alpha value is -1.91. The summed E-state index contributed by atoms with van der Waals surface area (Å²) in [5.41, 5.74) is 1.52. The van der Waals surface area contributed by atoms with Crippen LogP contribution in [0, 0.1) is 21.4 Å². The molecule has 106 valence electrons. The van der Waals surface area contributed by atoms with Gasteiger partial charge in [-0.2, -0.15) is 5.26 Å². The van der Waals surface area contributed by atoms with Gasteiger partial charge in [-0.25, -0.2) is 0 Å². The van der Waals surface area contributed by atoms with Crippen molar-refractivity contribution in [2.45, 2.75) is 6.54 Å². The molecule has 2 rings (SSSR count). The molecule has 0 fully saturated rings. The minimum Gasteiger partial charge on any atom is -0.375 e. The largest absolute Gasteiger partial charge is 0.375 e. The minimum atomic E-state index is -0.499. The average molecular weight is 411 g/mol. The first-order chi connectivity index (χ1) is 10.0. The van der Waals surface area contributed by atoms with E-state index in [4.69, 9.17) is 5.26 Å². The van der Waals surface area contributed by atoms with E-state index in [-0.39, 0.29) is 11.3 Å². The van der Waals surface area contributed by atoms with E-state index in [1.807, 2.05) is 24.3 Å². The maximum absolute atomic E-state index is 11.0. The van der Waals surface area contributed by atoms with E-state index in [9.17, 15) is 10.1 Å². The fourth-order valence-electron chi connectivity index (χ4n) is 1.75. The summed E-state index contributed by atoms with van der Waals surface area (Å²) in [7, 11) is 0. The number of hydrogen-bond acceptors (Lipinski definition) is 4. The topological polar surface area (TPSA) is 79.0 Å². The molecule has 2 aromatic carbocycles. The molecular formula is C14H9Br2N3O2. The Morgan fingerprint density at radius 3 is 2.57 bits per heavy atom. The van der Waals surface area contributed by atoms with Gasteiger partial charge in [-0.3, -0.25) is 10.1 Å². The molecule has 5 nitrogen and oxygen atoms in total. The molecule has 1 N–H and O–H groups in total. The summed E-state index contributed by atoms with van der Waals surface area (Å²) in [6.45, 7) is 0.443. The highest BCUT2D eigenvalue weighted by Gasteiger charge is 2.14. The summed E-state index contributed by atoms with van der Waals surface area (Å²) in [4.78, 5) is 10.5. The van der Waals surface area contributed by atoms with Crippen molar-refractivity contribution in [2.24, 2.45) is 0 Å². The quantitative estimate of drug-likeness (QED) is 0.589. The van der Waals surface area contributed by atoms with E-state index < -0.39 is 4.92 Å². The van der Waals surface area contributed by atoms with Crippen LogP contribution in [0.25, 0.3) is 0 Å². The number of benzene rings is 2. The smallest absolute Gasteiger partial charge is 0.293 e. The maximum atomic E-state index is 11.0. The first-order valence-electron chi connectivity index (χ1n) is 5.87. The zero-order chi connectivity index (χ0) is 15.4. The Labute approximate surface area is 138 Å². The number of nitriles is 1. The van der Waals surface area contributed by atoms with Gasteiger partial charge in [-0.05, 0) is 61.7 Å². The van der Waals surface area contributed by atoms with E-state index in [1.165, 1.54) is 6.07 Å². The highest BCUT2D eigenvalue weighted by Crippen LogP contribution is 2.27. The third-order valence-corrected chi connectivity index (χ3v) is 4.67. The Morgan fingerprint density at radius 2 is 1.95 bits per heavy atom. The average Bonchev–Trinajstić information content (AvgIpc) is 2.48. The Balaban J connectivity index is 2.21. The summed E-state index contributed by atoms with van der Waals surface area (Å²) >= 11 is 6.79. The van der Waals surface area contributed by atoms with Crippen LogP contribution in [0.4, 0.5) is 11.4 Å². The highest BCUT2D eigenvalue weighted by molar-refractivity contribution is 9.13. The zero-order valence-corrected chi connectivity index (χ0v) is 13.8. The molecule has 21 heavy (non-hydrogen) atoms. The van der Waals surface area contributed by atoms with Gasteiger partial charge in [0.1, 0.15) is 5.69 Å². The van der Waals surface area contributed by atoms with E-state index in [0.29, 0.717) is 12.2 Å². The standard InChI is InChI=1S/C14H9Br2N3O2/c15-11-3-1-10(5-12(11)16)8-18-13-4-2-9(7-17)6-14(13)19(20)21/h1-6,18H,8H2. The van der Waals surface area contributed by atoms with Crippen LogP contribution in [-0.2, 0) is 6.54 Å². The van der Waals surface area contributed by atoms with Crippen molar-refractivity contribution in [1.82, 2.24) is 0 Å². The number of nitrogens with one attached hydrogen (secondary N) is 1. The first-order valence-corrected chi connectivity index (χ1v) is 7.46. The highest BCUT2D eigenvalue weighted by atomic mass is 79.9. The number of hydrogen-bond donors (Lipinski definition) is 1. The third-order valence-electron chi connectivity index (χ3n) is 2.79. The van der Waals surface area contributed by atoms with Gasteiger partial charge < -0.3 is 5.32 Å². The number of nitro benzene ring substituents is 1. The lowest BCUT2D eigenvalue weighted by Crippen LogP contribution is -2.03. The second-order valence-electron chi connectivity index (χ2n) is 4.20. The van der Waals surface area contributed by atoms with E-state index in [1.54, 1.807) is 12.1 Å². The molecule has 0 spiro atoms. The van der Waals surface area contributed by atoms with Crippen LogP contribution in [0.2, 0.25) is 0 Å². The van der Waals surface area contributed by atoms with Crippen LogP contribution in [0.1, 0.15) is 11.1 Å². The molecule has 0 saturated heterocycles. The van der Waals surface area contributed by atoms with Gasteiger partial charge in [0.05, 0.1) is 16.6 Å². The van der Waals surface area contributed by atoms with Gasteiger partial charge >= 0.3 is 0 Å². The van der Waals surface area contributed by atoms with Crippen molar-refractivity contribution in [3.05, 3.63) is 66.6 Å². The van der Waals surface area contributed by atoms with E-state index in [0.717, 1.165) is 14.5 Å². The monoisotopic (exact) mass is 409 g/mol. The van der Waals surface area contributed by atoms with E-state index in [2.05, 4.69) is 37.2 Å². The molecule has 0 aliphatic carbocycles. The number of anilines is 1. The molecule has 0 bridgehead atoms. The molecule has 0 aliphatic rings. The summed E-state index contributed by atoms with van der Waals surface area (Å²) in [5.74, 6) is 0. The van der Waals surface area contributed by atoms with Crippen LogP contribution in [0.3, 0.4) is 0 Å². The van der Waals surface area contributed by atoms with E-state index >= 15 is 0 Å². The zero-order valence-electron chi connectivity index (χ0n) is 10.6. The fourth-order valence-corrected chi connectivity index (χ4v) is 2.42. The summed E-state index contributed by atoms with van der Waals surface area (Å²) in [6, 6.07) is 12.0. The lowest BCUT2D eigenvalue weighted by atomic mass is 10.1. The predicted molar refractivity (Wildman–Crippen MR) is 87.0 cm³/mol. The second-order valence-corrected chi connectivity index (χ2v) is 5.91. The minimum absolute atomic E-state index is 0.106. The first kappa shape index (κ1) is 15.5. The molecule has 0 radical (unpaired) electrons. The molecule has 0 heterocycles. The third kappa shape index (κ3) is 3.80. The maximum Gasteiger partial charge on any atom is 0.293 e.